The third-order valence-electron chi connectivity index (χ3n) is 3.16. The standard InChI is InChI=1S/C11H19N5O/c1-15(2)8-9-3-5-16(6-4-9)11(17)10-7-12-14-13-10/h7,9H,3-6,8H2,1-2H3,(H,12,13,14). The highest BCUT2D eigenvalue weighted by molar-refractivity contribution is 5.91. The molecule has 1 fully saturated rings. The zero-order valence-corrected chi connectivity index (χ0v) is 10.4. The summed E-state index contributed by atoms with van der Waals surface area (Å²) in [6.07, 6.45) is 3.62. The molecule has 0 spiro atoms. The third-order valence-corrected chi connectivity index (χ3v) is 3.16. The molecule has 0 aliphatic carbocycles. The Morgan fingerprint density at radius 2 is 2.24 bits per heavy atom. The number of piperidine rings is 1. The summed E-state index contributed by atoms with van der Waals surface area (Å²) < 4.78 is 0. The number of likely N-dealkylation sites (tertiary alicyclic amines) is 1. The van der Waals surface area contributed by atoms with Crippen molar-refractivity contribution in [3.63, 3.8) is 0 Å². The van der Waals surface area contributed by atoms with Crippen LogP contribution in [-0.2, 0) is 0 Å². The Kier molecular flexibility index (Phi) is 3.73. The molecule has 0 atom stereocenters. The van der Waals surface area contributed by atoms with Crippen LogP contribution in [0.4, 0.5) is 0 Å². The van der Waals surface area contributed by atoms with E-state index >= 15 is 0 Å². The number of H-pyrrole nitrogens is 1. The van der Waals surface area contributed by atoms with E-state index in [1.54, 1.807) is 0 Å². The molecule has 1 amide bonds. The minimum absolute atomic E-state index is 0.0120. The first-order valence-electron chi connectivity index (χ1n) is 5.96. The van der Waals surface area contributed by atoms with Gasteiger partial charge in [0.1, 0.15) is 0 Å². The molecule has 1 saturated heterocycles. The number of rotatable bonds is 3. The number of aromatic amines is 1. The SMILES string of the molecule is CN(C)CC1CCN(C(=O)c2cn[nH]n2)CC1. The summed E-state index contributed by atoms with van der Waals surface area (Å²) in [5.41, 5.74) is 0.413. The van der Waals surface area contributed by atoms with Gasteiger partial charge in [0.15, 0.2) is 5.69 Å². The highest BCUT2D eigenvalue weighted by Gasteiger charge is 2.24. The summed E-state index contributed by atoms with van der Waals surface area (Å²) in [7, 11) is 4.18. The maximum Gasteiger partial charge on any atom is 0.276 e. The summed E-state index contributed by atoms with van der Waals surface area (Å²) in [6.45, 7) is 2.75. The Morgan fingerprint density at radius 3 is 2.76 bits per heavy atom. The molecule has 2 heterocycles. The summed E-state index contributed by atoms with van der Waals surface area (Å²) in [5, 5.41) is 9.96. The van der Waals surface area contributed by atoms with Crippen LogP contribution in [0.25, 0.3) is 0 Å². The van der Waals surface area contributed by atoms with Crippen molar-refractivity contribution in [3.05, 3.63) is 11.9 Å². The van der Waals surface area contributed by atoms with Gasteiger partial charge in [-0.3, -0.25) is 4.79 Å². The second kappa shape index (κ2) is 5.27. The Bertz CT molecular complexity index is 354. The van der Waals surface area contributed by atoms with Crippen molar-refractivity contribution in [1.82, 2.24) is 25.2 Å². The molecular weight excluding hydrogens is 218 g/mol. The molecule has 1 aliphatic heterocycles. The fourth-order valence-corrected chi connectivity index (χ4v) is 2.30. The molecule has 1 aliphatic rings. The molecule has 17 heavy (non-hydrogen) atoms. The maximum atomic E-state index is 12.0. The van der Waals surface area contributed by atoms with E-state index < -0.39 is 0 Å². The molecule has 0 aromatic carbocycles. The largest absolute Gasteiger partial charge is 0.337 e. The van der Waals surface area contributed by atoms with Gasteiger partial charge < -0.3 is 9.80 Å². The second-order valence-corrected chi connectivity index (χ2v) is 4.85. The van der Waals surface area contributed by atoms with Crippen LogP contribution in [0.5, 0.6) is 0 Å². The lowest BCUT2D eigenvalue weighted by atomic mass is 9.96. The van der Waals surface area contributed by atoms with Crippen molar-refractivity contribution in [2.45, 2.75) is 12.8 Å². The predicted molar refractivity (Wildman–Crippen MR) is 63.6 cm³/mol. The number of carbonyl (C=O) groups excluding carboxylic acids is 1. The molecule has 0 radical (unpaired) electrons. The van der Waals surface area contributed by atoms with E-state index in [9.17, 15) is 4.79 Å². The van der Waals surface area contributed by atoms with Crippen molar-refractivity contribution in [2.75, 3.05) is 33.7 Å². The van der Waals surface area contributed by atoms with Crippen molar-refractivity contribution >= 4 is 5.91 Å². The van der Waals surface area contributed by atoms with Gasteiger partial charge in [0, 0.05) is 19.6 Å². The highest BCUT2D eigenvalue weighted by atomic mass is 16.2. The van der Waals surface area contributed by atoms with E-state index in [2.05, 4.69) is 34.4 Å². The third kappa shape index (κ3) is 3.03. The molecule has 1 aromatic rings. The van der Waals surface area contributed by atoms with E-state index in [-0.39, 0.29) is 5.91 Å². The number of carbonyl (C=O) groups is 1. The van der Waals surface area contributed by atoms with Gasteiger partial charge in [0.05, 0.1) is 6.20 Å². The monoisotopic (exact) mass is 237 g/mol. The lowest BCUT2D eigenvalue weighted by molar-refractivity contribution is 0.0672. The van der Waals surface area contributed by atoms with E-state index in [0.29, 0.717) is 11.6 Å². The smallest absolute Gasteiger partial charge is 0.276 e. The molecule has 0 saturated carbocycles. The molecular formula is C11H19N5O. The Hall–Kier alpha value is -1.43. The quantitative estimate of drug-likeness (QED) is 0.816. The number of aromatic nitrogens is 3. The number of hydrogen-bond acceptors (Lipinski definition) is 4. The first kappa shape index (κ1) is 12.0. The maximum absolute atomic E-state index is 12.0. The van der Waals surface area contributed by atoms with Gasteiger partial charge in [0.25, 0.3) is 5.91 Å². The zero-order valence-electron chi connectivity index (χ0n) is 10.4. The summed E-state index contributed by atoms with van der Waals surface area (Å²) in [6, 6.07) is 0. The minimum atomic E-state index is -0.0120. The van der Waals surface area contributed by atoms with Crippen LogP contribution in [0.3, 0.4) is 0 Å². The van der Waals surface area contributed by atoms with Crippen LogP contribution in [-0.4, -0.2) is 64.8 Å². The fourth-order valence-electron chi connectivity index (χ4n) is 2.30. The minimum Gasteiger partial charge on any atom is -0.337 e. The normalized spacial score (nSPS) is 17.7. The molecule has 1 aromatic heterocycles. The van der Waals surface area contributed by atoms with Gasteiger partial charge in [-0.05, 0) is 32.9 Å². The van der Waals surface area contributed by atoms with E-state index in [1.807, 2.05) is 4.90 Å². The Balaban J connectivity index is 1.85. The van der Waals surface area contributed by atoms with Gasteiger partial charge in [-0.2, -0.15) is 15.4 Å². The number of nitrogens with zero attached hydrogens (tertiary/aromatic N) is 4. The van der Waals surface area contributed by atoms with Crippen LogP contribution in [0.1, 0.15) is 23.3 Å². The summed E-state index contributed by atoms with van der Waals surface area (Å²) in [5.74, 6) is 0.688. The molecule has 6 nitrogen and oxygen atoms in total. The lowest BCUT2D eigenvalue weighted by Crippen LogP contribution is -2.40. The molecule has 2 rings (SSSR count). The van der Waals surface area contributed by atoms with Crippen LogP contribution in [0.2, 0.25) is 0 Å². The van der Waals surface area contributed by atoms with Gasteiger partial charge in [-0.1, -0.05) is 0 Å². The molecule has 6 heteroatoms. The van der Waals surface area contributed by atoms with Crippen LogP contribution < -0.4 is 0 Å². The molecule has 94 valence electrons. The Labute approximate surface area is 101 Å². The second-order valence-electron chi connectivity index (χ2n) is 4.85. The van der Waals surface area contributed by atoms with Crippen LogP contribution >= 0.6 is 0 Å². The van der Waals surface area contributed by atoms with Crippen molar-refractivity contribution in [1.29, 1.82) is 0 Å². The topological polar surface area (TPSA) is 65.1 Å². The van der Waals surface area contributed by atoms with Crippen molar-refractivity contribution in [3.8, 4) is 0 Å². The van der Waals surface area contributed by atoms with Crippen molar-refractivity contribution < 1.29 is 4.79 Å². The van der Waals surface area contributed by atoms with Gasteiger partial charge >= 0.3 is 0 Å². The van der Waals surface area contributed by atoms with E-state index in [1.165, 1.54) is 6.20 Å². The molecule has 1 N–H and O–H groups in total. The average Bonchev–Trinajstić information content (AvgIpc) is 2.82. The molecule has 0 unspecified atom stereocenters. The summed E-state index contributed by atoms with van der Waals surface area (Å²) in [4.78, 5) is 16.1. The first-order chi connectivity index (χ1) is 8.16. The van der Waals surface area contributed by atoms with Gasteiger partial charge in [-0.25, -0.2) is 0 Å². The van der Waals surface area contributed by atoms with Gasteiger partial charge in [0.2, 0.25) is 0 Å². The zero-order chi connectivity index (χ0) is 12.3. The fraction of sp³-hybridized carbons (Fsp3) is 0.727. The van der Waals surface area contributed by atoms with E-state index in [4.69, 9.17) is 0 Å². The lowest BCUT2D eigenvalue weighted by Gasteiger charge is -2.32. The van der Waals surface area contributed by atoms with Crippen LogP contribution in [0, 0.1) is 5.92 Å². The number of amides is 1. The average molecular weight is 237 g/mol. The number of nitrogens with one attached hydrogen (secondary N) is 1. The van der Waals surface area contributed by atoms with Crippen LogP contribution in [0.15, 0.2) is 6.20 Å². The highest BCUT2D eigenvalue weighted by Crippen LogP contribution is 2.18. The van der Waals surface area contributed by atoms with Crippen molar-refractivity contribution in [2.24, 2.45) is 5.92 Å². The predicted octanol–water partition coefficient (Wildman–Crippen LogP) is 0.218. The Morgan fingerprint density at radius 1 is 1.53 bits per heavy atom. The van der Waals surface area contributed by atoms with E-state index in [0.717, 1.165) is 32.5 Å². The molecule has 0 bridgehead atoms. The first-order valence-corrected chi connectivity index (χ1v) is 5.96. The van der Waals surface area contributed by atoms with Gasteiger partial charge in [-0.15, -0.1) is 0 Å². The number of hydrogen-bond donors (Lipinski definition) is 1. The summed E-state index contributed by atoms with van der Waals surface area (Å²) >= 11 is 0.